The summed E-state index contributed by atoms with van der Waals surface area (Å²) in [4.78, 5) is 2.53. The molecular weight excluding hydrogens is 244 g/mol. The molecule has 0 aromatic heterocycles. The summed E-state index contributed by atoms with van der Waals surface area (Å²) in [5.74, 6) is 0.606. The molecule has 0 fully saturated rings. The van der Waals surface area contributed by atoms with E-state index in [4.69, 9.17) is 0 Å². The third kappa shape index (κ3) is 2.86. The lowest BCUT2D eigenvalue weighted by molar-refractivity contribution is 0.266. The summed E-state index contributed by atoms with van der Waals surface area (Å²) < 4.78 is 0. The second kappa shape index (κ2) is 6.10. The van der Waals surface area contributed by atoms with Crippen LogP contribution in [-0.2, 0) is 6.54 Å². The van der Waals surface area contributed by atoms with Crippen LogP contribution in [0.3, 0.4) is 0 Å². The number of hydrogen-bond donors (Lipinski definition) is 1. The number of nitrogens with zero attached hydrogens (tertiary/aromatic N) is 1. The average molecular weight is 266 g/mol. The monoisotopic (exact) mass is 266 g/mol. The van der Waals surface area contributed by atoms with Crippen molar-refractivity contribution in [3.05, 3.63) is 65.7 Å². The van der Waals surface area contributed by atoms with E-state index >= 15 is 0 Å². The van der Waals surface area contributed by atoms with Crippen molar-refractivity contribution in [2.45, 2.75) is 19.4 Å². The Morgan fingerprint density at radius 2 is 1.80 bits per heavy atom. The van der Waals surface area contributed by atoms with Gasteiger partial charge in [-0.05, 0) is 23.7 Å². The molecule has 1 N–H and O–H groups in total. The van der Waals surface area contributed by atoms with E-state index in [-0.39, 0.29) is 0 Å². The Morgan fingerprint density at radius 3 is 2.60 bits per heavy atom. The standard InChI is InChI=1S/C18H22N2/c1-2-20(13-15-8-4-3-5-9-15)14-16-12-19-18-11-7-6-10-17(16)18/h3-11,16,19H,2,12-14H2,1H3. The highest BCUT2D eigenvalue weighted by atomic mass is 15.1. The molecule has 1 aliphatic heterocycles. The molecule has 2 aromatic rings. The maximum absolute atomic E-state index is 3.52. The average Bonchev–Trinajstić information content (AvgIpc) is 2.91. The minimum absolute atomic E-state index is 0.606. The van der Waals surface area contributed by atoms with Crippen LogP contribution in [0.1, 0.15) is 24.0 Å². The van der Waals surface area contributed by atoms with Gasteiger partial charge in [0.1, 0.15) is 0 Å². The van der Waals surface area contributed by atoms with Crippen molar-refractivity contribution in [2.75, 3.05) is 25.0 Å². The van der Waals surface area contributed by atoms with Gasteiger partial charge in [0, 0.05) is 31.2 Å². The molecule has 1 aliphatic rings. The molecule has 0 amide bonds. The van der Waals surface area contributed by atoms with Crippen LogP contribution in [-0.4, -0.2) is 24.5 Å². The van der Waals surface area contributed by atoms with Crippen LogP contribution < -0.4 is 5.32 Å². The Hall–Kier alpha value is -1.80. The van der Waals surface area contributed by atoms with Gasteiger partial charge in [-0.3, -0.25) is 4.90 Å². The van der Waals surface area contributed by atoms with Crippen molar-refractivity contribution in [2.24, 2.45) is 0 Å². The molecule has 0 radical (unpaired) electrons. The van der Waals surface area contributed by atoms with Crippen LogP contribution in [0.15, 0.2) is 54.6 Å². The van der Waals surface area contributed by atoms with E-state index in [0.717, 1.165) is 26.2 Å². The smallest absolute Gasteiger partial charge is 0.0376 e. The molecule has 0 bridgehead atoms. The van der Waals surface area contributed by atoms with E-state index in [2.05, 4.69) is 71.7 Å². The largest absolute Gasteiger partial charge is 0.384 e. The Kier molecular flexibility index (Phi) is 4.03. The zero-order chi connectivity index (χ0) is 13.8. The summed E-state index contributed by atoms with van der Waals surface area (Å²) in [6.45, 7) is 6.56. The highest BCUT2D eigenvalue weighted by molar-refractivity contribution is 5.57. The second-order valence-corrected chi connectivity index (χ2v) is 5.48. The summed E-state index contributed by atoms with van der Waals surface area (Å²) in [5.41, 5.74) is 4.18. The molecule has 0 spiro atoms. The maximum atomic E-state index is 3.52. The lowest BCUT2D eigenvalue weighted by atomic mass is 10.0. The van der Waals surface area contributed by atoms with Crippen molar-refractivity contribution in [3.8, 4) is 0 Å². The number of hydrogen-bond acceptors (Lipinski definition) is 2. The van der Waals surface area contributed by atoms with Gasteiger partial charge in [-0.2, -0.15) is 0 Å². The van der Waals surface area contributed by atoms with Crippen LogP contribution in [0.4, 0.5) is 5.69 Å². The maximum Gasteiger partial charge on any atom is 0.0376 e. The number of para-hydroxylation sites is 1. The fourth-order valence-corrected chi connectivity index (χ4v) is 2.98. The first-order valence-corrected chi connectivity index (χ1v) is 7.46. The molecule has 1 unspecified atom stereocenters. The van der Waals surface area contributed by atoms with Gasteiger partial charge in [0.05, 0.1) is 0 Å². The molecule has 2 heteroatoms. The molecule has 104 valence electrons. The number of benzene rings is 2. The molecule has 20 heavy (non-hydrogen) atoms. The van der Waals surface area contributed by atoms with E-state index < -0.39 is 0 Å². The summed E-state index contributed by atoms with van der Waals surface area (Å²) in [7, 11) is 0. The SMILES string of the molecule is CCN(Cc1ccccc1)CC1CNc2ccccc21. The molecule has 0 saturated carbocycles. The minimum Gasteiger partial charge on any atom is -0.384 e. The van der Waals surface area contributed by atoms with Crippen LogP contribution in [0.25, 0.3) is 0 Å². The summed E-state index contributed by atoms with van der Waals surface area (Å²) in [5, 5.41) is 3.52. The number of anilines is 1. The number of rotatable bonds is 5. The van der Waals surface area contributed by atoms with Gasteiger partial charge < -0.3 is 5.32 Å². The van der Waals surface area contributed by atoms with Gasteiger partial charge in [-0.25, -0.2) is 0 Å². The predicted octanol–water partition coefficient (Wildman–Crippen LogP) is 3.72. The number of likely N-dealkylation sites (N-methyl/N-ethyl adjacent to an activating group) is 1. The molecule has 0 saturated heterocycles. The Morgan fingerprint density at radius 1 is 1.05 bits per heavy atom. The van der Waals surface area contributed by atoms with Gasteiger partial charge in [-0.15, -0.1) is 0 Å². The Balaban J connectivity index is 1.67. The van der Waals surface area contributed by atoms with Gasteiger partial charge >= 0.3 is 0 Å². The van der Waals surface area contributed by atoms with Gasteiger partial charge in [0.25, 0.3) is 0 Å². The van der Waals surface area contributed by atoms with Crippen molar-refractivity contribution in [1.29, 1.82) is 0 Å². The zero-order valence-electron chi connectivity index (χ0n) is 12.0. The second-order valence-electron chi connectivity index (χ2n) is 5.48. The van der Waals surface area contributed by atoms with E-state index in [1.807, 2.05) is 0 Å². The van der Waals surface area contributed by atoms with Crippen LogP contribution in [0.5, 0.6) is 0 Å². The fraction of sp³-hybridized carbons (Fsp3) is 0.333. The zero-order valence-corrected chi connectivity index (χ0v) is 12.0. The molecule has 2 nitrogen and oxygen atoms in total. The lowest BCUT2D eigenvalue weighted by Crippen LogP contribution is -2.28. The quantitative estimate of drug-likeness (QED) is 0.887. The van der Waals surface area contributed by atoms with Crippen molar-refractivity contribution in [3.63, 3.8) is 0 Å². The van der Waals surface area contributed by atoms with Crippen LogP contribution in [0.2, 0.25) is 0 Å². The molecule has 2 aromatic carbocycles. The van der Waals surface area contributed by atoms with Gasteiger partial charge in [0.2, 0.25) is 0 Å². The molecular formula is C18H22N2. The highest BCUT2D eigenvalue weighted by Crippen LogP contribution is 2.31. The normalized spacial score (nSPS) is 17.0. The third-order valence-electron chi connectivity index (χ3n) is 4.11. The van der Waals surface area contributed by atoms with Gasteiger partial charge in [0.15, 0.2) is 0 Å². The van der Waals surface area contributed by atoms with Crippen LogP contribution >= 0.6 is 0 Å². The molecule has 1 atom stereocenters. The van der Waals surface area contributed by atoms with Crippen molar-refractivity contribution in [1.82, 2.24) is 4.90 Å². The first kappa shape index (κ1) is 13.2. The van der Waals surface area contributed by atoms with E-state index in [9.17, 15) is 0 Å². The summed E-state index contributed by atoms with van der Waals surface area (Å²) >= 11 is 0. The first-order valence-electron chi connectivity index (χ1n) is 7.46. The molecule has 1 heterocycles. The fourth-order valence-electron chi connectivity index (χ4n) is 2.98. The number of nitrogens with one attached hydrogen (secondary N) is 1. The molecule has 0 aliphatic carbocycles. The van der Waals surface area contributed by atoms with Crippen molar-refractivity contribution >= 4 is 5.69 Å². The van der Waals surface area contributed by atoms with Gasteiger partial charge in [-0.1, -0.05) is 55.5 Å². The Bertz CT molecular complexity index is 550. The Labute approximate surface area is 121 Å². The van der Waals surface area contributed by atoms with E-state index in [1.165, 1.54) is 16.8 Å². The van der Waals surface area contributed by atoms with E-state index in [0.29, 0.717) is 5.92 Å². The summed E-state index contributed by atoms with van der Waals surface area (Å²) in [6, 6.07) is 19.4. The van der Waals surface area contributed by atoms with E-state index in [1.54, 1.807) is 0 Å². The highest BCUT2D eigenvalue weighted by Gasteiger charge is 2.23. The lowest BCUT2D eigenvalue weighted by Gasteiger charge is -2.24. The first-order chi connectivity index (χ1) is 9.86. The number of fused-ring (bicyclic) bond motifs is 1. The summed E-state index contributed by atoms with van der Waals surface area (Å²) in [6.07, 6.45) is 0. The minimum atomic E-state index is 0.606. The van der Waals surface area contributed by atoms with Crippen molar-refractivity contribution < 1.29 is 0 Å². The predicted molar refractivity (Wildman–Crippen MR) is 85.1 cm³/mol. The van der Waals surface area contributed by atoms with Crippen LogP contribution in [0, 0.1) is 0 Å². The topological polar surface area (TPSA) is 15.3 Å². The molecule has 3 rings (SSSR count). The third-order valence-corrected chi connectivity index (χ3v) is 4.11.